The van der Waals surface area contributed by atoms with E-state index < -0.39 is 0 Å². The maximum atomic E-state index is 6.09. The highest BCUT2D eigenvalue weighted by atomic mass is 35.5. The molecule has 0 atom stereocenters. The van der Waals surface area contributed by atoms with Gasteiger partial charge in [0.2, 0.25) is 0 Å². The third-order valence-corrected chi connectivity index (χ3v) is 3.13. The molecule has 0 saturated heterocycles. The number of para-hydroxylation sites is 1. The Balaban J connectivity index is 2.12. The van der Waals surface area contributed by atoms with Crippen molar-refractivity contribution in [1.29, 1.82) is 0 Å². The molecule has 0 radical (unpaired) electrons. The number of halogens is 1. The van der Waals surface area contributed by atoms with E-state index in [9.17, 15) is 0 Å². The molecule has 4 heteroatoms. The van der Waals surface area contributed by atoms with E-state index in [0.717, 1.165) is 10.9 Å². The fourth-order valence-corrected chi connectivity index (χ4v) is 2.08. The summed E-state index contributed by atoms with van der Waals surface area (Å²) < 4.78 is 5.85. The number of ether oxygens (including phenoxy) is 1. The zero-order valence-corrected chi connectivity index (χ0v) is 10.8. The molecular formula is C15H11ClN2O. The Morgan fingerprint density at radius 2 is 1.79 bits per heavy atom. The Kier molecular flexibility index (Phi) is 2.97. The maximum Gasteiger partial charge on any atom is 0.146 e. The molecule has 0 bridgehead atoms. The van der Waals surface area contributed by atoms with Gasteiger partial charge in [-0.1, -0.05) is 23.7 Å². The summed E-state index contributed by atoms with van der Waals surface area (Å²) in [5.41, 5.74) is 7.26. The van der Waals surface area contributed by atoms with Crippen molar-refractivity contribution in [2.45, 2.75) is 0 Å². The number of aromatic nitrogens is 1. The van der Waals surface area contributed by atoms with Gasteiger partial charge in [0.15, 0.2) is 0 Å². The lowest BCUT2D eigenvalue weighted by atomic mass is 10.1. The molecule has 2 aromatic carbocycles. The van der Waals surface area contributed by atoms with Crippen LogP contribution in [0.5, 0.6) is 11.5 Å². The minimum atomic E-state index is 0.566. The van der Waals surface area contributed by atoms with E-state index in [1.165, 1.54) is 0 Å². The summed E-state index contributed by atoms with van der Waals surface area (Å²) in [6, 6.07) is 14.7. The number of anilines is 1. The number of rotatable bonds is 2. The topological polar surface area (TPSA) is 48.1 Å². The molecule has 19 heavy (non-hydrogen) atoms. The van der Waals surface area contributed by atoms with E-state index in [0.29, 0.717) is 22.2 Å². The third-order valence-electron chi connectivity index (χ3n) is 2.82. The standard InChI is InChI=1S/C15H11ClN2O/c16-11-5-1-2-6-14(11)19-13-8-7-12(17)15-10(13)4-3-9-18-15/h1-9H,17H2. The summed E-state index contributed by atoms with van der Waals surface area (Å²) >= 11 is 6.09. The number of benzene rings is 2. The molecule has 0 aliphatic rings. The summed E-state index contributed by atoms with van der Waals surface area (Å²) in [6.07, 6.45) is 1.71. The van der Waals surface area contributed by atoms with Crippen molar-refractivity contribution in [2.75, 3.05) is 5.73 Å². The molecule has 0 amide bonds. The highest BCUT2D eigenvalue weighted by molar-refractivity contribution is 6.32. The smallest absolute Gasteiger partial charge is 0.146 e. The van der Waals surface area contributed by atoms with Crippen LogP contribution in [0.4, 0.5) is 5.69 Å². The lowest BCUT2D eigenvalue weighted by Crippen LogP contribution is -1.92. The van der Waals surface area contributed by atoms with Crippen molar-refractivity contribution < 1.29 is 4.74 Å². The highest BCUT2D eigenvalue weighted by Gasteiger charge is 2.08. The van der Waals surface area contributed by atoms with Crippen LogP contribution in [0.2, 0.25) is 5.02 Å². The van der Waals surface area contributed by atoms with Gasteiger partial charge in [0.05, 0.1) is 16.2 Å². The van der Waals surface area contributed by atoms with Gasteiger partial charge in [-0.15, -0.1) is 0 Å². The fraction of sp³-hybridized carbons (Fsp3) is 0. The second kappa shape index (κ2) is 4.78. The number of nitrogens with zero attached hydrogens (tertiary/aromatic N) is 1. The monoisotopic (exact) mass is 270 g/mol. The van der Waals surface area contributed by atoms with Gasteiger partial charge < -0.3 is 10.5 Å². The Hall–Kier alpha value is -2.26. The van der Waals surface area contributed by atoms with Crippen LogP contribution in [-0.4, -0.2) is 4.98 Å². The van der Waals surface area contributed by atoms with Gasteiger partial charge in [-0.25, -0.2) is 0 Å². The number of nitrogens with two attached hydrogens (primary N) is 1. The van der Waals surface area contributed by atoms with Crippen molar-refractivity contribution in [3.63, 3.8) is 0 Å². The quantitative estimate of drug-likeness (QED) is 0.708. The Morgan fingerprint density at radius 3 is 2.63 bits per heavy atom. The average molecular weight is 271 g/mol. The first-order valence-corrected chi connectivity index (χ1v) is 6.19. The molecule has 0 aliphatic heterocycles. The Bertz CT molecular complexity index is 743. The lowest BCUT2D eigenvalue weighted by molar-refractivity contribution is 0.488. The van der Waals surface area contributed by atoms with Crippen LogP contribution < -0.4 is 10.5 Å². The van der Waals surface area contributed by atoms with Gasteiger partial charge in [0.25, 0.3) is 0 Å². The second-order valence-electron chi connectivity index (χ2n) is 4.08. The van der Waals surface area contributed by atoms with Crippen LogP contribution in [0.3, 0.4) is 0 Å². The van der Waals surface area contributed by atoms with Gasteiger partial charge in [-0.3, -0.25) is 4.98 Å². The SMILES string of the molecule is Nc1ccc(Oc2ccccc2Cl)c2cccnc12. The minimum absolute atomic E-state index is 0.566. The van der Waals surface area contributed by atoms with E-state index in [1.54, 1.807) is 18.3 Å². The third kappa shape index (κ3) is 2.20. The average Bonchev–Trinajstić information content (AvgIpc) is 2.44. The van der Waals surface area contributed by atoms with E-state index in [1.807, 2.05) is 36.4 Å². The van der Waals surface area contributed by atoms with E-state index >= 15 is 0 Å². The number of hydrogen-bond donors (Lipinski definition) is 1. The lowest BCUT2D eigenvalue weighted by Gasteiger charge is -2.10. The molecule has 94 valence electrons. The van der Waals surface area contributed by atoms with Crippen molar-refractivity contribution in [3.8, 4) is 11.5 Å². The predicted octanol–water partition coefficient (Wildman–Crippen LogP) is 4.26. The summed E-state index contributed by atoms with van der Waals surface area (Å²) in [5.74, 6) is 1.30. The van der Waals surface area contributed by atoms with Gasteiger partial charge in [-0.2, -0.15) is 0 Å². The van der Waals surface area contributed by atoms with Crippen molar-refractivity contribution in [1.82, 2.24) is 4.98 Å². The molecule has 1 heterocycles. The molecule has 0 aliphatic carbocycles. The molecule has 0 unspecified atom stereocenters. The minimum Gasteiger partial charge on any atom is -0.455 e. The summed E-state index contributed by atoms with van der Waals surface area (Å²) in [7, 11) is 0. The number of nitrogen functional groups attached to an aromatic ring is 1. The normalized spacial score (nSPS) is 10.6. The molecule has 0 spiro atoms. The summed E-state index contributed by atoms with van der Waals surface area (Å²) in [5, 5.41) is 1.43. The van der Waals surface area contributed by atoms with E-state index in [4.69, 9.17) is 22.1 Å². The molecule has 0 saturated carbocycles. The molecule has 3 nitrogen and oxygen atoms in total. The first-order valence-electron chi connectivity index (χ1n) is 5.81. The van der Waals surface area contributed by atoms with Gasteiger partial charge in [0.1, 0.15) is 11.5 Å². The molecule has 3 aromatic rings. The van der Waals surface area contributed by atoms with Crippen molar-refractivity contribution >= 4 is 28.2 Å². The zero-order chi connectivity index (χ0) is 13.2. The molecule has 2 N–H and O–H groups in total. The van der Waals surface area contributed by atoms with Crippen LogP contribution in [-0.2, 0) is 0 Å². The van der Waals surface area contributed by atoms with Crippen LogP contribution in [0.1, 0.15) is 0 Å². The molecular weight excluding hydrogens is 260 g/mol. The van der Waals surface area contributed by atoms with Crippen molar-refractivity contribution in [2.24, 2.45) is 0 Å². The summed E-state index contributed by atoms with van der Waals surface area (Å²) in [6.45, 7) is 0. The van der Waals surface area contributed by atoms with Crippen LogP contribution >= 0.6 is 11.6 Å². The number of pyridine rings is 1. The van der Waals surface area contributed by atoms with E-state index in [-0.39, 0.29) is 0 Å². The van der Waals surface area contributed by atoms with Gasteiger partial charge in [-0.05, 0) is 36.4 Å². The zero-order valence-electron chi connectivity index (χ0n) is 10.0. The van der Waals surface area contributed by atoms with Gasteiger partial charge in [0, 0.05) is 11.6 Å². The number of fused-ring (bicyclic) bond motifs is 1. The maximum absolute atomic E-state index is 6.09. The van der Waals surface area contributed by atoms with Gasteiger partial charge >= 0.3 is 0 Å². The van der Waals surface area contributed by atoms with Crippen LogP contribution in [0.15, 0.2) is 54.7 Å². The predicted molar refractivity (Wildman–Crippen MR) is 77.7 cm³/mol. The molecule has 3 rings (SSSR count). The number of hydrogen-bond acceptors (Lipinski definition) is 3. The van der Waals surface area contributed by atoms with Crippen LogP contribution in [0, 0.1) is 0 Å². The fourth-order valence-electron chi connectivity index (χ4n) is 1.90. The largest absolute Gasteiger partial charge is 0.455 e. The summed E-state index contributed by atoms with van der Waals surface area (Å²) in [4.78, 5) is 4.27. The highest BCUT2D eigenvalue weighted by Crippen LogP contribution is 2.34. The second-order valence-corrected chi connectivity index (χ2v) is 4.49. The first-order chi connectivity index (χ1) is 9.25. The van der Waals surface area contributed by atoms with E-state index in [2.05, 4.69) is 4.98 Å². The Labute approximate surface area is 115 Å². The first kappa shape index (κ1) is 11.8. The molecule has 0 fully saturated rings. The van der Waals surface area contributed by atoms with Crippen molar-refractivity contribution in [3.05, 3.63) is 59.8 Å². The molecule has 1 aromatic heterocycles. The Morgan fingerprint density at radius 1 is 0.947 bits per heavy atom. The van der Waals surface area contributed by atoms with Crippen LogP contribution in [0.25, 0.3) is 10.9 Å².